The average Bonchev–Trinajstić information content (AvgIpc) is 2.83. The summed E-state index contributed by atoms with van der Waals surface area (Å²) in [6.07, 6.45) is 9.60. The van der Waals surface area contributed by atoms with E-state index in [0.29, 0.717) is 6.04 Å². The minimum absolute atomic E-state index is 0.483. The van der Waals surface area contributed by atoms with Crippen molar-refractivity contribution in [2.24, 2.45) is 36.6 Å². The van der Waals surface area contributed by atoms with Crippen molar-refractivity contribution in [1.29, 1.82) is 0 Å². The minimum Gasteiger partial charge on any atom is -0.309 e. The van der Waals surface area contributed by atoms with E-state index in [1.807, 2.05) is 11.7 Å². The maximum atomic E-state index is 4.72. The molecular formula is C17H27N3. The lowest BCUT2D eigenvalue weighted by atomic mass is 9.50. The van der Waals surface area contributed by atoms with Crippen LogP contribution in [0.2, 0.25) is 0 Å². The molecule has 1 aromatic heterocycles. The molecule has 0 saturated heterocycles. The van der Waals surface area contributed by atoms with E-state index >= 15 is 0 Å². The van der Waals surface area contributed by atoms with Crippen molar-refractivity contribution in [3.63, 3.8) is 0 Å². The fourth-order valence-corrected chi connectivity index (χ4v) is 5.77. The summed E-state index contributed by atoms with van der Waals surface area (Å²) in [5, 5.41) is 8.48. The molecular weight excluding hydrogens is 246 g/mol. The van der Waals surface area contributed by atoms with Crippen LogP contribution in [0, 0.1) is 29.6 Å². The molecule has 0 radical (unpaired) electrons. The van der Waals surface area contributed by atoms with Gasteiger partial charge < -0.3 is 5.32 Å². The van der Waals surface area contributed by atoms with E-state index in [0.717, 1.165) is 36.1 Å². The predicted octanol–water partition coefficient (Wildman–Crippen LogP) is 3.14. The number of aromatic nitrogens is 2. The molecule has 3 heteroatoms. The molecule has 4 aliphatic rings. The summed E-state index contributed by atoms with van der Waals surface area (Å²) >= 11 is 0. The molecule has 1 heterocycles. The molecule has 0 amide bonds. The largest absolute Gasteiger partial charge is 0.309 e. The minimum atomic E-state index is 0.483. The van der Waals surface area contributed by atoms with E-state index in [-0.39, 0.29) is 0 Å². The standard InChI is InChI=1S/C17H27N3/c1-3-18-17(15-4-5-20(2)19-15)16-13-7-11-6-12(9-13)10-14(16)8-11/h4-5,11-14,16-18H,3,6-10H2,1-2H3. The van der Waals surface area contributed by atoms with Gasteiger partial charge in [-0.15, -0.1) is 0 Å². The van der Waals surface area contributed by atoms with E-state index < -0.39 is 0 Å². The number of hydrogen-bond acceptors (Lipinski definition) is 2. The molecule has 20 heavy (non-hydrogen) atoms. The van der Waals surface area contributed by atoms with Crippen LogP contribution in [-0.4, -0.2) is 16.3 Å². The molecule has 0 aromatic carbocycles. The Morgan fingerprint density at radius 1 is 1.20 bits per heavy atom. The summed E-state index contributed by atoms with van der Waals surface area (Å²) in [5.74, 6) is 4.85. The van der Waals surface area contributed by atoms with Crippen LogP contribution in [0.4, 0.5) is 0 Å². The fraction of sp³-hybridized carbons (Fsp3) is 0.824. The van der Waals surface area contributed by atoms with Gasteiger partial charge in [0.05, 0.1) is 11.7 Å². The number of aryl methyl sites for hydroxylation is 1. The molecule has 5 rings (SSSR count). The number of hydrogen-bond donors (Lipinski definition) is 1. The van der Waals surface area contributed by atoms with Gasteiger partial charge in [0.25, 0.3) is 0 Å². The van der Waals surface area contributed by atoms with E-state index in [2.05, 4.69) is 24.5 Å². The third kappa shape index (κ3) is 2.02. The van der Waals surface area contributed by atoms with E-state index in [1.165, 1.54) is 37.8 Å². The second kappa shape index (κ2) is 4.87. The highest BCUT2D eigenvalue weighted by molar-refractivity contribution is 5.12. The Kier molecular flexibility index (Phi) is 3.13. The van der Waals surface area contributed by atoms with Crippen LogP contribution in [0.3, 0.4) is 0 Å². The third-order valence-electron chi connectivity index (χ3n) is 6.16. The van der Waals surface area contributed by atoms with Crippen molar-refractivity contribution in [2.75, 3.05) is 6.54 Å². The smallest absolute Gasteiger partial charge is 0.0796 e. The Balaban J connectivity index is 1.63. The van der Waals surface area contributed by atoms with Crippen LogP contribution < -0.4 is 5.32 Å². The summed E-state index contributed by atoms with van der Waals surface area (Å²) in [4.78, 5) is 0. The number of rotatable bonds is 4. The monoisotopic (exact) mass is 273 g/mol. The summed E-state index contributed by atoms with van der Waals surface area (Å²) < 4.78 is 1.95. The molecule has 0 aliphatic heterocycles. The van der Waals surface area contributed by atoms with Crippen LogP contribution in [0.15, 0.2) is 12.3 Å². The van der Waals surface area contributed by atoms with Gasteiger partial charge in [-0.2, -0.15) is 5.10 Å². The molecule has 1 N–H and O–H groups in total. The lowest BCUT2D eigenvalue weighted by Gasteiger charge is -2.56. The highest BCUT2D eigenvalue weighted by Crippen LogP contribution is 2.59. The zero-order chi connectivity index (χ0) is 13.7. The van der Waals surface area contributed by atoms with Gasteiger partial charge in [-0.25, -0.2) is 0 Å². The lowest BCUT2D eigenvalue weighted by Crippen LogP contribution is -2.49. The van der Waals surface area contributed by atoms with Crippen molar-refractivity contribution in [3.8, 4) is 0 Å². The first-order valence-corrected chi connectivity index (χ1v) is 8.47. The first kappa shape index (κ1) is 12.9. The Morgan fingerprint density at radius 3 is 2.35 bits per heavy atom. The Morgan fingerprint density at radius 2 is 1.85 bits per heavy atom. The summed E-state index contributed by atoms with van der Waals surface area (Å²) in [6.45, 7) is 3.27. The molecule has 4 saturated carbocycles. The van der Waals surface area contributed by atoms with Crippen LogP contribution >= 0.6 is 0 Å². The van der Waals surface area contributed by atoms with Gasteiger partial charge in [-0.3, -0.25) is 4.68 Å². The highest BCUT2D eigenvalue weighted by atomic mass is 15.3. The quantitative estimate of drug-likeness (QED) is 0.913. The van der Waals surface area contributed by atoms with E-state index in [1.54, 1.807) is 0 Å². The first-order chi connectivity index (χ1) is 9.74. The highest BCUT2D eigenvalue weighted by Gasteiger charge is 2.50. The van der Waals surface area contributed by atoms with Crippen LogP contribution in [0.25, 0.3) is 0 Å². The summed E-state index contributed by atoms with van der Waals surface area (Å²) in [6, 6.07) is 2.70. The molecule has 4 bridgehead atoms. The van der Waals surface area contributed by atoms with E-state index in [9.17, 15) is 0 Å². The normalized spacial score (nSPS) is 40.2. The Bertz CT molecular complexity index is 450. The van der Waals surface area contributed by atoms with Gasteiger partial charge in [0.2, 0.25) is 0 Å². The molecule has 4 fully saturated rings. The van der Waals surface area contributed by atoms with Crippen molar-refractivity contribution in [1.82, 2.24) is 15.1 Å². The SMILES string of the molecule is CCNC(c1ccn(C)n1)C1C2CC3CC(C2)CC1C3. The summed E-state index contributed by atoms with van der Waals surface area (Å²) in [5.41, 5.74) is 1.27. The van der Waals surface area contributed by atoms with Gasteiger partial charge in [0, 0.05) is 13.2 Å². The van der Waals surface area contributed by atoms with Crippen LogP contribution in [-0.2, 0) is 7.05 Å². The topological polar surface area (TPSA) is 29.9 Å². The van der Waals surface area contributed by atoms with Gasteiger partial charge in [-0.1, -0.05) is 6.92 Å². The molecule has 3 nitrogen and oxygen atoms in total. The fourth-order valence-electron chi connectivity index (χ4n) is 5.77. The van der Waals surface area contributed by atoms with Crippen LogP contribution in [0.5, 0.6) is 0 Å². The number of nitrogens with zero attached hydrogens (tertiary/aromatic N) is 2. The second-order valence-electron chi connectivity index (χ2n) is 7.46. The van der Waals surface area contributed by atoms with Gasteiger partial charge in [-0.05, 0) is 74.3 Å². The van der Waals surface area contributed by atoms with Crippen LogP contribution in [0.1, 0.15) is 50.8 Å². The lowest BCUT2D eigenvalue weighted by molar-refractivity contribution is -0.0529. The molecule has 1 aromatic rings. The van der Waals surface area contributed by atoms with Crippen molar-refractivity contribution in [2.45, 2.75) is 45.1 Å². The second-order valence-corrected chi connectivity index (χ2v) is 7.46. The van der Waals surface area contributed by atoms with Gasteiger partial charge in [0.15, 0.2) is 0 Å². The Labute approximate surface area is 122 Å². The van der Waals surface area contributed by atoms with Crippen molar-refractivity contribution < 1.29 is 0 Å². The first-order valence-electron chi connectivity index (χ1n) is 8.47. The molecule has 4 aliphatic carbocycles. The zero-order valence-corrected chi connectivity index (χ0v) is 12.8. The van der Waals surface area contributed by atoms with Crippen molar-refractivity contribution in [3.05, 3.63) is 18.0 Å². The number of nitrogens with one attached hydrogen (secondary N) is 1. The molecule has 0 spiro atoms. The third-order valence-corrected chi connectivity index (χ3v) is 6.16. The average molecular weight is 273 g/mol. The molecule has 1 atom stereocenters. The maximum Gasteiger partial charge on any atom is 0.0796 e. The zero-order valence-electron chi connectivity index (χ0n) is 12.8. The van der Waals surface area contributed by atoms with Gasteiger partial charge >= 0.3 is 0 Å². The Hall–Kier alpha value is -0.830. The molecule has 110 valence electrons. The molecule has 1 unspecified atom stereocenters. The van der Waals surface area contributed by atoms with E-state index in [4.69, 9.17) is 5.10 Å². The van der Waals surface area contributed by atoms with Gasteiger partial charge in [0.1, 0.15) is 0 Å². The predicted molar refractivity (Wildman–Crippen MR) is 80.2 cm³/mol. The maximum absolute atomic E-state index is 4.72. The summed E-state index contributed by atoms with van der Waals surface area (Å²) in [7, 11) is 2.03. The van der Waals surface area contributed by atoms with Crippen molar-refractivity contribution >= 4 is 0 Å².